The molecule has 1 aliphatic heterocycles. The van der Waals surface area contributed by atoms with Gasteiger partial charge in [-0.25, -0.2) is 8.42 Å². The largest absolute Gasteiger partial charge is 0.417 e. The molecule has 1 saturated heterocycles. The first-order chi connectivity index (χ1) is 15.3. The van der Waals surface area contributed by atoms with E-state index >= 15 is 0 Å². The maximum atomic E-state index is 13.6. The highest BCUT2D eigenvalue weighted by Gasteiger charge is 2.38. The Morgan fingerprint density at radius 1 is 1.03 bits per heavy atom. The number of rotatable bonds is 12. The van der Waals surface area contributed by atoms with Gasteiger partial charge < -0.3 is 13.9 Å². The Labute approximate surface area is 203 Å². The zero-order chi connectivity index (χ0) is 24.7. The van der Waals surface area contributed by atoms with Gasteiger partial charge in [-0.1, -0.05) is 52.8 Å². The van der Waals surface area contributed by atoms with Gasteiger partial charge in [0, 0.05) is 13.2 Å². The van der Waals surface area contributed by atoms with Crippen LogP contribution >= 0.6 is 0 Å². The van der Waals surface area contributed by atoms with Crippen LogP contribution in [0.4, 0.5) is 0 Å². The topological polar surface area (TPSA) is 61.8 Å². The Kier molecular flexibility index (Phi) is 10.6. The van der Waals surface area contributed by atoms with Crippen LogP contribution in [-0.2, 0) is 23.7 Å². The quantitative estimate of drug-likeness (QED) is 0.310. The van der Waals surface area contributed by atoms with Crippen molar-refractivity contribution < 1.29 is 22.3 Å². The summed E-state index contributed by atoms with van der Waals surface area (Å²) in [6.45, 7) is 17.2. The molecular formula is C26H46O5SSi. The number of ether oxygens (including phenoxy) is 2. The third-order valence-electron chi connectivity index (χ3n) is 7.08. The first-order valence-corrected chi connectivity index (χ1v) is 16.9. The molecule has 0 bridgehead atoms. The fraction of sp³-hybridized carbons (Fsp3) is 0.769. The van der Waals surface area contributed by atoms with Crippen molar-refractivity contribution in [2.24, 2.45) is 11.8 Å². The minimum absolute atomic E-state index is 0.118. The lowest BCUT2D eigenvalue weighted by Crippen LogP contribution is -2.42. The van der Waals surface area contributed by atoms with Crippen LogP contribution < -0.4 is 0 Å². The molecule has 1 fully saturated rings. The summed E-state index contributed by atoms with van der Waals surface area (Å²) in [5.74, 6) is 0.268. The fourth-order valence-electron chi connectivity index (χ4n) is 3.87. The summed E-state index contributed by atoms with van der Waals surface area (Å²) in [7, 11) is -5.32. The van der Waals surface area contributed by atoms with Crippen LogP contribution in [-0.4, -0.2) is 48.1 Å². The van der Waals surface area contributed by atoms with Gasteiger partial charge in [-0.05, 0) is 74.2 Å². The molecule has 1 aromatic carbocycles. The molecule has 0 saturated carbocycles. The zero-order valence-corrected chi connectivity index (χ0v) is 23.6. The lowest BCUT2D eigenvalue weighted by atomic mass is 9.99. The molecule has 7 heteroatoms. The van der Waals surface area contributed by atoms with Crippen molar-refractivity contribution in [1.29, 1.82) is 0 Å². The highest BCUT2D eigenvalue weighted by molar-refractivity contribution is 7.92. The highest BCUT2D eigenvalue weighted by Crippen LogP contribution is 2.37. The van der Waals surface area contributed by atoms with Crippen molar-refractivity contribution in [2.45, 2.75) is 101 Å². The van der Waals surface area contributed by atoms with Crippen LogP contribution in [0.2, 0.25) is 18.1 Å². The van der Waals surface area contributed by atoms with Crippen molar-refractivity contribution in [1.82, 2.24) is 0 Å². The predicted molar refractivity (Wildman–Crippen MR) is 138 cm³/mol. The van der Waals surface area contributed by atoms with Crippen LogP contribution in [0.15, 0.2) is 35.2 Å². The number of hydrogen-bond acceptors (Lipinski definition) is 5. The lowest BCUT2D eigenvalue weighted by molar-refractivity contribution is -0.168. The second-order valence-electron chi connectivity index (χ2n) is 11.4. The van der Waals surface area contributed by atoms with Gasteiger partial charge in [0.05, 0.1) is 16.8 Å². The molecule has 0 N–H and O–H groups in total. The van der Waals surface area contributed by atoms with E-state index in [4.69, 9.17) is 13.9 Å². The van der Waals surface area contributed by atoms with Gasteiger partial charge in [0.15, 0.2) is 24.4 Å². The van der Waals surface area contributed by atoms with E-state index in [1.54, 1.807) is 24.3 Å². The van der Waals surface area contributed by atoms with Gasteiger partial charge in [-0.3, -0.25) is 0 Å². The van der Waals surface area contributed by atoms with E-state index in [0.29, 0.717) is 31.0 Å². The van der Waals surface area contributed by atoms with E-state index in [0.717, 1.165) is 25.9 Å². The average Bonchev–Trinajstić information content (AvgIpc) is 2.76. The summed E-state index contributed by atoms with van der Waals surface area (Å²) in [6, 6.07) is 8.85. The second kappa shape index (κ2) is 12.3. The molecule has 190 valence electrons. The molecule has 0 amide bonds. The Bertz CT molecular complexity index is 798. The van der Waals surface area contributed by atoms with Crippen LogP contribution in [0.1, 0.15) is 66.7 Å². The van der Waals surface area contributed by atoms with Crippen molar-refractivity contribution in [3.8, 4) is 0 Å². The summed E-state index contributed by atoms with van der Waals surface area (Å²) in [4.78, 5) is 0.399. The van der Waals surface area contributed by atoms with Gasteiger partial charge in [0.25, 0.3) is 0 Å². The van der Waals surface area contributed by atoms with E-state index in [1.807, 2.05) is 6.07 Å². The lowest BCUT2D eigenvalue weighted by Gasteiger charge is -2.37. The normalized spacial score (nSPS) is 20.9. The van der Waals surface area contributed by atoms with Crippen LogP contribution in [0.25, 0.3) is 0 Å². The highest BCUT2D eigenvalue weighted by atomic mass is 32.2. The van der Waals surface area contributed by atoms with E-state index in [1.165, 1.54) is 0 Å². The summed E-state index contributed by atoms with van der Waals surface area (Å²) < 4.78 is 45.2. The monoisotopic (exact) mass is 498 g/mol. The molecule has 2 rings (SSSR count). The van der Waals surface area contributed by atoms with Crippen LogP contribution in [0.5, 0.6) is 0 Å². The number of sulfone groups is 1. The number of hydrogen-bond donors (Lipinski definition) is 0. The molecule has 0 radical (unpaired) electrons. The van der Waals surface area contributed by atoms with Crippen LogP contribution in [0.3, 0.4) is 0 Å². The Hall–Kier alpha value is -0.733. The van der Waals surface area contributed by atoms with Crippen molar-refractivity contribution >= 4 is 18.2 Å². The van der Waals surface area contributed by atoms with Gasteiger partial charge >= 0.3 is 0 Å². The molecule has 1 unspecified atom stereocenters. The van der Waals surface area contributed by atoms with E-state index in [9.17, 15) is 8.42 Å². The Morgan fingerprint density at radius 3 is 2.18 bits per heavy atom. The third kappa shape index (κ3) is 8.77. The molecule has 5 nitrogen and oxygen atoms in total. The molecule has 0 spiro atoms. The van der Waals surface area contributed by atoms with Gasteiger partial charge in [-0.2, -0.15) is 0 Å². The predicted octanol–water partition coefficient (Wildman–Crippen LogP) is 6.45. The SMILES string of the molecule is C[C@@H](COC1CCCCO1)C[C@H](C[C@@H](C)CO[Si](C)(C)C(C)(C)C)S(=O)(=O)c1ccccc1. The third-order valence-corrected chi connectivity index (χ3v) is 13.8. The van der Waals surface area contributed by atoms with Gasteiger partial charge in [-0.15, -0.1) is 0 Å². The molecule has 0 aliphatic carbocycles. The molecule has 1 aromatic rings. The second-order valence-corrected chi connectivity index (χ2v) is 18.4. The smallest absolute Gasteiger partial charge is 0.191 e. The standard InChI is InChI=1S/C26H46O5SSi/c1-21(19-30-25-15-11-12-16-29-25)17-24(32(27,28)23-13-9-8-10-14-23)18-22(2)20-31-33(6,7)26(3,4)5/h8-10,13-14,21-22,24-25H,11-12,15-20H2,1-7H3/t21-,22-,24-,25?/m1/s1. The minimum Gasteiger partial charge on any atom is -0.417 e. The van der Waals surface area contributed by atoms with E-state index < -0.39 is 23.4 Å². The summed E-state index contributed by atoms with van der Waals surface area (Å²) >= 11 is 0. The van der Waals surface area contributed by atoms with Gasteiger partial charge in [0.2, 0.25) is 0 Å². The van der Waals surface area contributed by atoms with E-state index in [2.05, 4.69) is 47.7 Å². The Morgan fingerprint density at radius 2 is 1.64 bits per heavy atom. The Balaban J connectivity index is 2.06. The fourth-order valence-corrected chi connectivity index (χ4v) is 7.09. The summed E-state index contributed by atoms with van der Waals surface area (Å²) in [6.07, 6.45) is 4.12. The zero-order valence-electron chi connectivity index (χ0n) is 21.8. The summed E-state index contributed by atoms with van der Waals surface area (Å²) in [5, 5.41) is -0.335. The van der Waals surface area contributed by atoms with Crippen molar-refractivity contribution in [3.63, 3.8) is 0 Å². The first-order valence-electron chi connectivity index (χ1n) is 12.5. The maximum absolute atomic E-state index is 13.6. The first kappa shape index (κ1) is 28.5. The molecule has 33 heavy (non-hydrogen) atoms. The molecular weight excluding hydrogens is 452 g/mol. The molecule has 4 atom stereocenters. The summed E-state index contributed by atoms with van der Waals surface area (Å²) in [5.41, 5.74) is 0. The van der Waals surface area contributed by atoms with Crippen molar-refractivity contribution in [3.05, 3.63) is 30.3 Å². The number of benzene rings is 1. The molecule has 1 heterocycles. The van der Waals surface area contributed by atoms with Crippen LogP contribution in [0, 0.1) is 11.8 Å². The van der Waals surface area contributed by atoms with E-state index in [-0.39, 0.29) is 23.2 Å². The minimum atomic E-state index is -3.45. The molecule has 1 aliphatic rings. The van der Waals surface area contributed by atoms with Gasteiger partial charge in [0.1, 0.15) is 0 Å². The average molecular weight is 499 g/mol. The molecule has 0 aromatic heterocycles. The van der Waals surface area contributed by atoms with Crippen molar-refractivity contribution in [2.75, 3.05) is 19.8 Å². The maximum Gasteiger partial charge on any atom is 0.191 e.